The van der Waals surface area contributed by atoms with Crippen molar-refractivity contribution in [2.45, 2.75) is 13.5 Å². The number of ether oxygens (including phenoxy) is 1. The van der Waals surface area contributed by atoms with E-state index in [2.05, 4.69) is 0 Å². The van der Waals surface area contributed by atoms with Crippen LogP contribution in [0.5, 0.6) is 5.75 Å². The van der Waals surface area contributed by atoms with Gasteiger partial charge in [0.1, 0.15) is 17.4 Å². The Labute approximate surface area is 126 Å². The number of hydrogen-bond acceptors (Lipinski definition) is 3. The third-order valence-electron chi connectivity index (χ3n) is 2.74. The average molecular weight is 312 g/mol. The highest BCUT2D eigenvalue weighted by Gasteiger charge is 2.13. The molecule has 0 unspecified atom stereocenters. The number of aryl methyl sites for hydroxylation is 1. The van der Waals surface area contributed by atoms with E-state index in [9.17, 15) is 10.1 Å². The minimum Gasteiger partial charge on any atom is -0.489 e. The van der Waals surface area contributed by atoms with Gasteiger partial charge >= 0.3 is 0 Å². The van der Waals surface area contributed by atoms with Crippen LogP contribution >= 0.6 is 23.2 Å². The molecule has 104 valence electrons. The summed E-state index contributed by atoms with van der Waals surface area (Å²) in [6.07, 6.45) is 0. The van der Waals surface area contributed by atoms with Gasteiger partial charge in [-0.2, -0.15) is 0 Å². The fourth-order valence-electron chi connectivity index (χ4n) is 1.72. The monoisotopic (exact) mass is 311 g/mol. The van der Waals surface area contributed by atoms with Crippen molar-refractivity contribution in [3.05, 3.63) is 67.7 Å². The normalized spacial score (nSPS) is 10.3. The molecule has 0 heterocycles. The molecule has 0 bridgehead atoms. The van der Waals surface area contributed by atoms with Crippen LogP contribution in [0.4, 0.5) is 5.69 Å². The van der Waals surface area contributed by atoms with Crippen LogP contribution < -0.4 is 4.74 Å². The summed E-state index contributed by atoms with van der Waals surface area (Å²) in [4.78, 5) is 10.3. The molecule has 0 amide bonds. The molecule has 0 aliphatic rings. The van der Waals surface area contributed by atoms with E-state index in [1.807, 2.05) is 6.92 Å². The summed E-state index contributed by atoms with van der Waals surface area (Å²) in [7, 11) is 0. The van der Waals surface area contributed by atoms with E-state index < -0.39 is 4.92 Å². The molecule has 0 saturated carbocycles. The summed E-state index contributed by atoms with van der Waals surface area (Å²) in [5, 5.41) is 11.6. The fraction of sp³-hybridized carbons (Fsp3) is 0.143. The number of rotatable bonds is 4. The summed E-state index contributed by atoms with van der Waals surface area (Å²) >= 11 is 11.6. The van der Waals surface area contributed by atoms with E-state index in [1.165, 1.54) is 12.1 Å². The van der Waals surface area contributed by atoms with Crippen molar-refractivity contribution >= 4 is 28.9 Å². The number of nitro groups is 1. The lowest BCUT2D eigenvalue weighted by Crippen LogP contribution is -1.98. The zero-order chi connectivity index (χ0) is 14.7. The summed E-state index contributed by atoms with van der Waals surface area (Å²) in [6, 6.07) is 9.89. The van der Waals surface area contributed by atoms with E-state index in [4.69, 9.17) is 27.9 Å². The van der Waals surface area contributed by atoms with Crippen molar-refractivity contribution < 1.29 is 9.66 Å². The molecule has 0 saturated heterocycles. The van der Waals surface area contributed by atoms with Gasteiger partial charge in [-0.15, -0.1) is 0 Å². The maximum atomic E-state index is 10.8. The standard InChI is InChI=1S/C14H11Cl2NO3/c1-9-6-11(15)3-5-14(9)20-8-10-2-4-12(16)13(7-10)17(18)19/h2-7H,8H2,1H3. The molecule has 2 rings (SSSR count). The largest absolute Gasteiger partial charge is 0.489 e. The van der Waals surface area contributed by atoms with Gasteiger partial charge < -0.3 is 4.74 Å². The lowest BCUT2D eigenvalue weighted by atomic mass is 10.2. The SMILES string of the molecule is Cc1cc(Cl)ccc1OCc1ccc(Cl)c([N+](=O)[O-])c1. The molecule has 20 heavy (non-hydrogen) atoms. The molecule has 2 aromatic carbocycles. The van der Waals surface area contributed by atoms with Crippen molar-refractivity contribution in [3.8, 4) is 5.75 Å². The molecular weight excluding hydrogens is 301 g/mol. The molecule has 0 fully saturated rings. The maximum absolute atomic E-state index is 10.8. The minimum atomic E-state index is -0.515. The summed E-state index contributed by atoms with van der Waals surface area (Å²) in [5.41, 5.74) is 1.46. The Bertz CT molecular complexity index is 659. The first-order valence-corrected chi connectivity index (χ1v) is 6.55. The Morgan fingerprint density at radius 2 is 1.95 bits per heavy atom. The van der Waals surface area contributed by atoms with Crippen LogP contribution in [0.2, 0.25) is 10.0 Å². The van der Waals surface area contributed by atoms with Gasteiger partial charge in [0.15, 0.2) is 0 Å². The van der Waals surface area contributed by atoms with Gasteiger partial charge in [-0.05, 0) is 42.3 Å². The minimum absolute atomic E-state index is 0.112. The molecule has 0 N–H and O–H groups in total. The molecule has 0 atom stereocenters. The lowest BCUT2D eigenvalue weighted by molar-refractivity contribution is -0.384. The van der Waals surface area contributed by atoms with Gasteiger partial charge in [0.25, 0.3) is 5.69 Å². The number of nitro benzene ring substituents is 1. The molecule has 2 aromatic rings. The van der Waals surface area contributed by atoms with Crippen LogP contribution in [-0.4, -0.2) is 4.92 Å². The summed E-state index contributed by atoms with van der Waals surface area (Å²) < 4.78 is 5.63. The second-order valence-electron chi connectivity index (χ2n) is 4.24. The molecule has 0 spiro atoms. The lowest BCUT2D eigenvalue weighted by Gasteiger charge is -2.09. The number of nitrogens with zero attached hydrogens (tertiary/aromatic N) is 1. The Balaban J connectivity index is 2.15. The first-order chi connectivity index (χ1) is 9.47. The first-order valence-electron chi connectivity index (χ1n) is 5.79. The summed E-state index contributed by atoms with van der Waals surface area (Å²) in [6.45, 7) is 2.10. The molecule has 4 nitrogen and oxygen atoms in total. The van der Waals surface area contributed by atoms with Crippen LogP contribution in [0, 0.1) is 17.0 Å². The topological polar surface area (TPSA) is 52.4 Å². The highest BCUT2D eigenvalue weighted by Crippen LogP contribution is 2.27. The van der Waals surface area contributed by atoms with Gasteiger partial charge in [-0.3, -0.25) is 10.1 Å². The van der Waals surface area contributed by atoms with Gasteiger partial charge in [0.2, 0.25) is 0 Å². The third-order valence-corrected chi connectivity index (χ3v) is 3.29. The highest BCUT2D eigenvalue weighted by atomic mass is 35.5. The van der Waals surface area contributed by atoms with E-state index in [-0.39, 0.29) is 17.3 Å². The van der Waals surface area contributed by atoms with E-state index in [0.29, 0.717) is 16.3 Å². The predicted octanol–water partition coefficient (Wildman–Crippen LogP) is 4.79. The van der Waals surface area contributed by atoms with Gasteiger partial charge in [-0.1, -0.05) is 29.3 Å². The third kappa shape index (κ3) is 3.40. The van der Waals surface area contributed by atoms with Crippen molar-refractivity contribution in [2.75, 3.05) is 0 Å². The molecule has 0 aliphatic heterocycles. The van der Waals surface area contributed by atoms with E-state index in [0.717, 1.165) is 5.56 Å². The van der Waals surface area contributed by atoms with Crippen molar-refractivity contribution in [3.63, 3.8) is 0 Å². The number of benzene rings is 2. The molecule has 0 aliphatic carbocycles. The smallest absolute Gasteiger partial charge is 0.288 e. The van der Waals surface area contributed by atoms with Gasteiger partial charge in [0.05, 0.1) is 4.92 Å². The van der Waals surface area contributed by atoms with Crippen molar-refractivity contribution in [2.24, 2.45) is 0 Å². The zero-order valence-electron chi connectivity index (χ0n) is 10.6. The van der Waals surface area contributed by atoms with Crippen LogP contribution in [0.25, 0.3) is 0 Å². The fourth-order valence-corrected chi connectivity index (χ4v) is 2.14. The highest BCUT2D eigenvalue weighted by molar-refractivity contribution is 6.32. The predicted molar refractivity (Wildman–Crippen MR) is 78.6 cm³/mol. The second-order valence-corrected chi connectivity index (χ2v) is 5.09. The van der Waals surface area contributed by atoms with E-state index >= 15 is 0 Å². The van der Waals surface area contributed by atoms with Crippen LogP contribution in [0.1, 0.15) is 11.1 Å². The van der Waals surface area contributed by atoms with Crippen LogP contribution in [0.15, 0.2) is 36.4 Å². The van der Waals surface area contributed by atoms with Crippen molar-refractivity contribution in [1.29, 1.82) is 0 Å². The number of halogens is 2. The number of hydrogen-bond donors (Lipinski definition) is 0. The molecule has 0 aromatic heterocycles. The van der Waals surface area contributed by atoms with Gasteiger partial charge in [0, 0.05) is 11.1 Å². The van der Waals surface area contributed by atoms with E-state index in [1.54, 1.807) is 24.3 Å². The Hall–Kier alpha value is -1.78. The Morgan fingerprint density at radius 1 is 1.20 bits per heavy atom. The Morgan fingerprint density at radius 3 is 2.60 bits per heavy atom. The Kier molecular flexibility index (Phi) is 4.47. The van der Waals surface area contributed by atoms with Gasteiger partial charge in [-0.25, -0.2) is 0 Å². The quantitative estimate of drug-likeness (QED) is 0.602. The van der Waals surface area contributed by atoms with Crippen molar-refractivity contribution in [1.82, 2.24) is 0 Å². The summed E-state index contributed by atoms with van der Waals surface area (Å²) in [5.74, 6) is 0.687. The van der Waals surface area contributed by atoms with Crippen LogP contribution in [-0.2, 0) is 6.61 Å². The van der Waals surface area contributed by atoms with Crippen LogP contribution in [0.3, 0.4) is 0 Å². The molecule has 0 radical (unpaired) electrons. The maximum Gasteiger partial charge on any atom is 0.288 e. The first kappa shape index (κ1) is 14.6. The average Bonchev–Trinajstić information content (AvgIpc) is 2.39. The second kappa shape index (κ2) is 6.11. The zero-order valence-corrected chi connectivity index (χ0v) is 12.1. The molecular formula is C14H11Cl2NO3. The molecule has 6 heteroatoms.